The molecule has 0 aliphatic carbocycles. The number of fused-ring (bicyclic) bond motifs is 3. The summed E-state index contributed by atoms with van der Waals surface area (Å²) >= 11 is 3.24. The Labute approximate surface area is 174 Å². The normalized spacial score (nSPS) is 12.0. The number of aromatic nitrogens is 4. The van der Waals surface area contributed by atoms with Gasteiger partial charge in [0.25, 0.3) is 5.56 Å². The Morgan fingerprint density at radius 3 is 2.79 bits per heavy atom. The van der Waals surface area contributed by atoms with Crippen molar-refractivity contribution in [3.63, 3.8) is 0 Å². The van der Waals surface area contributed by atoms with Crippen molar-refractivity contribution < 1.29 is 4.42 Å². The van der Waals surface area contributed by atoms with Crippen LogP contribution in [0.4, 0.5) is 0 Å². The van der Waals surface area contributed by atoms with Gasteiger partial charge in [0.2, 0.25) is 5.78 Å². The van der Waals surface area contributed by atoms with Crippen molar-refractivity contribution in [3.8, 4) is 0 Å². The fourth-order valence-electron chi connectivity index (χ4n) is 3.54. The van der Waals surface area contributed by atoms with Gasteiger partial charge in [-0.25, -0.2) is 0 Å². The summed E-state index contributed by atoms with van der Waals surface area (Å²) in [6.07, 6.45) is 1.69. The SMILES string of the molecule is Cc1ccc(CN(Cc2ccco2)Cc2nnc3n(C)c(=O)c4sccc4n23)s1. The van der Waals surface area contributed by atoms with Crippen molar-refractivity contribution in [2.75, 3.05) is 0 Å². The van der Waals surface area contributed by atoms with Gasteiger partial charge in [-0.3, -0.25) is 18.7 Å². The minimum Gasteiger partial charge on any atom is -0.468 e. The Morgan fingerprint density at radius 2 is 2.03 bits per heavy atom. The molecule has 0 spiro atoms. The molecular weight excluding hydrogens is 406 g/mol. The maximum atomic E-state index is 12.6. The third kappa shape index (κ3) is 3.31. The van der Waals surface area contributed by atoms with Crippen molar-refractivity contribution in [2.45, 2.75) is 26.6 Å². The first-order valence-corrected chi connectivity index (χ1v) is 10.9. The summed E-state index contributed by atoms with van der Waals surface area (Å²) in [5.74, 6) is 2.26. The molecule has 0 saturated heterocycles. The third-order valence-corrected chi connectivity index (χ3v) is 6.77. The van der Waals surface area contributed by atoms with E-state index in [1.807, 2.05) is 28.0 Å². The fraction of sp³-hybridized carbons (Fsp3) is 0.250. The highest BCUT2D eigenvalue weighted by Crippen LogP contribution is 2.23. The summed E-state index contributed by atoms with van der Waals surface area (Å²) in [5.41, 5.74) is 0.820. The van der Waals surface area contributed by atoms with Crippen molar-refractivity contribution in [1.29, 1.82) is 0 Å². The molecule has 148 valence electrons. The lowest BCUT2D eigenvalue weighted by atomic mass is 10.3. The minimum absolute atomic E-state index is 0.0389. The van der Waals surface area contributed by atoms with Gasteiger partial charge in [-0.15, -0.1) is 32.9 Å². The zero-order chi connectivity index (χ0) is 20.0. The minimum atomic E-state index is -0.0389. The Morgan fingerprint density at radius 1 is 1.14 bits per heavy atom. The van der Waals surface area contributed by atoms with Crippen molar-refractivity contribution in [1.82, 2.24) is 24.1 Å². The van der Waals surface area contributed by atoms with E-state index in [2.05, 4.69) is 34.2 Å². The number of hydrogen-bond donors (Lipinski definition) is 0. The first-order chi connectivity index (χ1) is 14.1. The maximum Gasteiger partial charge on any atom is 0.272 e. The highest BCUT2D eigenvalue weighted by molar-refractivity contribution is 7.17. The van der Waals surface area contributed by atoms with Gasteiger partial charge in [0, 0.05) is 23.3 Å². The largest absolute Gasteiger partial charge is 0.468 e. The second-order valence-electron chi connectivity index (χ2n) is 6.99. The van der Waals surface area contributed by atoms with Crippen LogP contribution in [0.5, 0.6) is 0 Å². The Bertz CT molecular complexity index is 1340. The zero-order valence-electron chi connectivity index (χ0n) is 16.0. The van der Waals surface area contributed by atoms with Gasteiger partial charge in [0.1, 0.15) is 10.5 Å². The topological polar surface area (TPSA) is 68.6 Å². The lowest BCUT2D eigenvalue weighted by Gasteiger charge is -2.19. The second kappa shape index (κ2) is 7.25. The number of nitrogens with zero attached hydrogens (tertiary/aromatic N) is 5. The number of rotatable bonds is 6. The van der Waals surface area contributed by atoms with Crippen LogP contribution >= 0.6 is 22.7 Å². The van der Waals surface area contributed by atoms with Crippen molar-refractivity contribution >= 4 is 38.7 Å². The van der Waals surface area contributed by atoms with Crippen LogP contribution in [0.1, 0.15) is 21.3 Å². The van der Waals surface area contributed by atoms with Crippen molar-refractivity contribution in [3.05, 3.63) is 73.7 Å². The molecule has 0 amide bonds. The molecule has 5 rings (SSSR count). The first-order valence-electron chi connectivity index (χ1n) is 9.20. The highest BCUT2D eigenvalue weighted by Gasteiger charge is 2.19. The molecular formula is C20H19N5O2S2. The van der Waals surface area contributed by atoms with E-state index < -0.39 is 0 Å². The van der Waals surface area contributed by atoms with E-state index in [-0.39, 0.29) is 5.56 Å². The van der Waals surface area contributed by atoms with Crippen LogP contribution in [0.25, 0.3) is 16.0 Å². The van der Waals surface area contributed by atoms with Crippen LogP contribution in [0.15, 0.2) is 51.2 Å². The molecule has 7 nitrogen and oxygen atoms in total. The van der Waals surface area contributed by atoms with Crippen LogP contribution in [0.2, 0.25) is 0 Å². The molecule has 0 saturated carbocycles. The maximum absolute atomic E-state index is 12.6. The Hall–Kier alpha value is -2.75. The molecule has 9 heteroatoms. The molecule has 0 fully saturated rings. The van der Waals surface area contributed by atoms with Crippen LogP contribution in [-0.4, -0.2) is 24.1 Å². The molecule has 0 aliphatic heterocycles. The summed E-state index contributed by atoms with van der Waals surface area (Å²) in [5, 5.41) is 10.7. The number of thiophene rings is 2. The van der Waals surface area contributed by atoms with E-state index in [1.165, 1.54) is 21.1 Å². The van der Waals surface area contributed by atoms with Crippen LogP contribution in [0.3, 0.4) is 0 Å². The van der Waals surface area contributed by atoms with E-state index in [4.69, 9.17) is 4.42 Å². The fourth-order valence-corrected chi connectivity index (χ4v) is 5.32. The summed E-state index contributed by atoms with van der Waals surface area (Å²) < 4.78 is 9.85. The van der Waals surface area contributed by atoms with Gasteiger partial charge < -0.3 is 4.42 Å². The van der Waals surface area contributed by atoms with Gasteiger partial charge in [0.05, 0.1) is 24.9 Å². The smallest absolute Gasteiger partial charge is 0.272 e. The second-order valence-corrected chi connectivity index (χ2v) is 9.28. The molecule has 5 aromatic rings. The Balaban J connectivity index is 1.56. The summed E-state index contributed by atoms with van der Waals surface area (Å²) in [6, 6.07) is 10.1. The molecule has 0 unspecified atom stereocenters. The van der Waals surface area contributed by atoms with Gasteiger partial charge >= 0.3 is 0 Å². The average Bonchev–Trinajstić information content (AvgIpc) is 3.47. The number of aryl methyl sites for hydroxylation is 2. The van der Waals surface area contributed by atoms with Crippen LogP contribution in [-0.2, 0) is 26.7 Å². The molecule has 5 aromatic heterocycles. The molecule has 0 radical (unpaired) electrons. The standard InChI is InChI=1S/C20H19N5O2S2/c1-13-5-6-15(29-13)11-24(10-14-4-3-8-27-14)12-17-21-22-20-23(2)19(26)18-16(25(17)20)7-9-28-18/h3-9H,10-12H2,1-2H3. The van der Waals surface area contributed by atoms with E-state index >= 15 is 0 Å². The lowest BCUT2D eigenvalue weighted by molar-refractivity contribution is 0.223. The molecule has 0 aliphatic rings. The van der Waals surface area contributed by atoms with Gasteiger partial charge in [-0.05, 0) is 42.6 Å². The summed E-state index contributed by atoms with van der Waals surface area (Å²) in [6.45, 7) is 4.15. The monoisotopic (exact) mass is 425 g/mol. The lowest BCUT2D eigenvalue weighted by Crippen LogP contribution is -2.24. The van der Waals surface area contributed by atoms with Crippen molar-refractivity contribution in [2.24, 2.45) is 7.05 Å². The first kappa shape index (κ1) is 18.3. The summed E-state index contributed by atoms with van der Waals surface area (Å²) in [7, 11) is 1.74. The zero-order valence-corrected chi connectivity index (χ0v) is 17.7. The van der Waals surface area contributed by atoms with Crippen LogP contribution in [0, 0.1) is 6.92 Å². The molecule has 0 aromatic carbocycles. The molecule has 29 heavy (non-hydrogen) atoms. The van der Waals surface area contributed by atoms with Crippen LogP contribution < -0.4 is 5.56 Å². The highest BCUT2D eigenvalue weighted by atomic mass is 32.1. The van der Waals surface area contributed by atoms with E-state index in [1.54, 1.807) is 29.2 Å². The predicted octanol–water partition coefficient (Wildman–Crippen LogP) is 3.81. The van der Waals surface area contributed by atoms with E-state index in [0.717, 1.165) is 23.6 Å². The Kier molecular flexibility index (Phi) is 4.57. The average molecular weight is 426 g/mol. The van der Waals surface area contributed by atoms with E-state index in [9.17, 15) is 4.79 Å². The molecule has 0 N–H and O–H groups in total. The number of furan rings is 1. The molecule has 5 heterocycles. The molecule has 0 bridgehead atoms. The van der Waals surface area contributed by atoms with Gasteiger partial charge in [-0.2, -0.15) is 0 Å². The molecule has 0 atom stereocenters. The predicted molar refractivity (Wildman–Crippen MR) is 114 cm³/mol. The summed E-state index contributed by atoms with van der Waals surface area (Å²) in [4.78, 5) is 17.4. The van der Waals surface area contributed by atoms with Gasteiger partial charge in [0.15, 0.2) is 5.82 Å². The number of hydrogen-bond acceptors (Lipinski definition) is 7. The van der Waals surface area contributed by atoms with Gasteiger partial charge in [-0.1, -0.05) is 0 Å². The van der Waals surface area contributed by atoms with E-state index in [0.29, 0.717) is 23.6 Å². The quantitative estimate of drug-likeness (QED) is 0.414. The third-order valence-electron chi connectivity index (χ3n) is 4.90.